The molecule has 2 aromatic carbocycles. The second kappa shape index (κ2) is 8.62. The predicted molar refractivity (Wildman–Crippen MR) is 117 cm³/mol. The van der Waals surface area contributed by atoms with Crippen LogP contribution in [0, 0.1) is 5.82 Å². The van der Waals surface area contributed by atoms with Gasteiger partial charge in [-0.15, -0.1) is 0 Å². The Bertz CT molecular complexity index is 1320. The SMILES string of the molecule is CC(=O)c1cc2c(cc1NC(=O)COC(=O)c1nn(-c3ccc(F)cc3)c3c1CCC3)OCO2. The molecule has 0 saturated carbocycles. The van der Waals surface area contributed by atoms with Crippen LogP contribution in [-0.4, -0.2) is 40.8 Å². The van der Waals surface area contributed by atoms with Crippen LogP contribution in [0.2, 0.25) is 0 Å². The quantitative estimate of drug-likeness (QED) is 0.440. The zero-order valence-corrected chi connectivity index (χ0v) is 18.2. The fourth-order valence-electron chi connectivity index (χ4n) is 4.12. The Labute approximate surface area is 193 Å². The molecule has 1 N–H and O–H groups in total. The Hall–Kier alpha value is -4.21. The number of nitrogens with zero attached hydrogens (tertiary/aromatic N) is 2. The van der Waals surface area contributed by atoms with E-state index < -0.39 is 18.5 Å². The maximum Gasteiger partial charge on any atom is 0.359 e. The zero-order valence-electron chi connectivity index (χ0n) is 18.2. The Morgan fingerprint density at radius 2 is 1.85 bits per heavy atom. The standard InChI is InChI=1S/C24H20FN3O6/c1-13(29)17-9-20-21(34-12-33-20)10-18(17)26-22(30)11-32-24(31)23-16-3-2-4-19(16)28(27-23)15-7-5-14(25)6-8-15/h5-10H,2-4,11-12H2,1H3,(H,26,30). The molecule has 3 aromatic rings. The smallest absolute Gasteiger partial charge is 0.359 e. The van der Waals surface area contributed by atoms with Crippen molar-refractivity contribution < 1.29 is 33.0 Å². The minimum atomic E-state index is -0.730. The molecule has 2 heterocycles. The molecule has 1 aliphatic heterocycles. The number of hydrogen-bond acceptors (Lipinski definition) is 7. The van der Waals surface area contributed by atoms with Gasteiger partial charge in [0.25, 0.3) is 5.91 Å². The van der Waals surface area contributed by atoms with Crippen LogP contribution in [-0.2, 0) is 22.4 Å². The number of halogens is 1. The summed E-state index contributed by atoms with van der Waals surface area (Å²) in [5.74, 6) is -1.17. The molecule has 1 aromatic heterocycles. The largest absolute Gasteiger partial charge is 0.454 e. The molecule has 174 valence electrons. The molecule has 0 atom stereocenters. The predicted octanol–water partition coefficient (Wildman–Crippen LogP) is 3.23. The van der Waals surface area contributed by atoms with Crippen LogP contribution in [0.15, 0.2) is 36.4 Å². The molecule has 0 spiro atoms. The number of rotatable bonds is 6. The molecule has 10 heteroatoms. The Kier molecular flexibility index (Phi) is 5.48. The van der Waals surface area contributed by atoms with Gasteiger partial charge in [0.05, 0.1) is 11.4 Å². The molecular formula is C24H20FN3O6. The van der Waals surface area contributed by atoms with Crippen LogP contribution in [0.4, 0.5) is 10.1 Å². The first-order valence-corrected chi connectivity index (χ1v) is 10.7. The average Bonchev–Trinajstić information content (AvgIpc) is 3.54. The van der Waals surface area contributed by atoms with Gasteiger partial charge in [0.2, 0.25) is 6.79 Å². The minimum absolute atomic E-state index is 0.0244. The normalized spacial score (nSPS) is 13.5. The molecule has 9 nitrogen and oxygen atoms in total. The molecule has 0 unspecified atom stereocenters. The highest BCUT2D eigenvalue weighted by Gasteiger charge is 2.28. The number of ketones is 1. The summed E-state index contributed by atoms with van der Waals surface area (Å²) >= 11 is 0. The van der Waals surface area contributed by atoms with Gasteiger partial charge in [-0.2, -0.15) is 5.10 Å². The van der Waals surface area contributed by atoms with Gasteiger partial charge < -0.3 is 19.5 Å². The fourth-order valence-corrected chi connectivity index (χ4v) is 4.12. The molecule has 5 rings (SSSR count). The van der Waals surface area contributed by atoms with Crippen LogP contribution < -0.4 is 14.8 Å². The van der Waals surface area contributed by atoms with E-state index in [9.17, 15) is 18.8 Å². The lowest BCUT2D eigenvalue weighted by atomic mass is 10.1. The number of carbonyl (C=O) groups is 3. The summed E-state index contributed by atoms with van der Waals surface area (Å²) in [4.78, 5) is 37.2. The van der Waals surface area contributed by atoms with Crippen LogP contribution in [0.3, 0.4) is 0 Å². The summed E-state index contributed by atoms with van der Waals surface area (Å²) in [5, 5.41) is 6.97. The summed E-state index contributed by atoms with van der Waals surface area (Å²) in [6.07, 6.45) is 2.24. The van der Waals surface area contributed by atoms with Crippen LogP contribution in [0.1, 0.15) is 45.4 Å². The summed E-state index contributed by atoms with van der Waals surface area (Å²) in [5.41, 5.74) is 2.89. The summed E-state index contributed by atoms with van der Waals surface area (Å²) < 4.78 is 30.7. The van der Waals surface area contributed by atoms with Crippen molar-refractivity contribution in [1.82, 2.24) is 9.78 Å². The van der Waals surface area contributed by atoms with Crippen molar-refractivity contribution in [3.63, 3.8) is 0 Å². The highest BCUT2D eigenvalue weighted by Crippen LogP contribution is 2.37. The number of hydrogen-bond donors (Lipinski definition) is 1. The number of esters is 1. The zero-order chi connectivity index (χ0) is 23.8. The lowest BCUT2D eigenvalue weighted by Gasteiger charge is -2.11. The molecule has 0 saturated heterocycles. The van der Waals surface area contributed by atoms with Gasteiger partial charge >= 0.3 is 5.97 Å². The van der Waals surface area contributed by atoms with Crippen molar-refractivity contribution in [1.29, 1.82) is 0 Å². The van der Waals surface area contributed by atoms with E-state index in [0.717, 1.165) is 24.1 Å². The molecule has 0 bridgehead atoms. The number of Topliss-reactive ketones (excluding diaryl/α,β-unsaturated/α-hetero) is 1. The number of anilines is 1. The van der Waals surface area contributed by atoms with Crippen LogP contribution >= 0.6 is 0 Å². The van der Waals surface area contributed by atoms with E-state index in [-0.39, 0.29) is 35.3 Å². The van der Waals surface area contributed by atoms with Gasteiger partial charge in [-0.25, -0.2) is 13.9 Å². The lowest BCUT2D eigenvalue weighted by Crippen LogP contribution is -2.22. The van der Waals surface area contributed by atoms with Crippen LogP contribution in [0.5, 0.6) is 11.5 Å². The number of aromatic nitrogens is 2. The van der Waals surface area contributed by atoms with Crippen molar-refractivity contribution in [2.24, 2.45) is 0 Å². The highest BCUT2D eigenvalue weighted by molar-refractivity contribution is 6.05. The Morgan fingerprint density at radius 1 is 1.12 bits per heavy atom. The first-order valence-electron chi connectivity index (χ1n) is 10.7. The minimum Gasteiger partial charge on any atom is -0.454 e. The van der Waals surface area contributed by atoms with E-state index in [2.05, 4.69) is 10.4 Å². The number of carbonyl (C=O) groups excluding carboxylic acids is 3. The Morgan fingerprint density at radius 3 is 2.59 bits per heavy atom. The van der Waals surface area contributed by atoms with Crippen molar-refractivity contribution in [2.75, 3.05) is 18.7 Å². The second-order valence-electron chi connectivity index (χ2n) is 7.95. The molecular weight excluding hydrogens is 445 g/mol. The molecule has 34 heavy (non-hydrogen) atoms. The van der Waals surface area contributed by atoms with E-state index in [0.29, 0.717) is 23.6 Å². The van der Waals surface area contributed by atoms with E-state index in [4.69, 9.17) is 14.2 Å². The second-order valence-corrected chi connectivity index (χ2v) is 7.95. The number of fused-ring (bicyclic) bond motifs is 2. The van der Waals surface area contributed by atoms with Crippen molar-refractivity contribution >= 4 is 23.3 Å². The average molecular weight is 465 g/mol. The summed E-state index contributed by atoms with van der Waals surface area (Å²) in [6, 6.07) is 8.81. The van der Waals surface area contributed by atoms with Gasteiger partial charge in [-0.05, 0) is 56.5 Å². The maximum atomic E-state index is 13.3. The molecule has 2 aliphatic rings. The summed E-state index contributed by atoms with van der Waals surface area (Å²) in [7, 11) is 0. The highest BCUT2D eigenvalue weighted by atomic mass is 19.1. The molecule has 0 fully saturated rings. The third-order valence-corrected chi connectivity index (χ3v) is 5.70. The van der Waals surface area contributed by atoms with Gasteiger partial charge in [-0.1, -0.05) is 0 Å². The monoisotopic (exact) mass is 465 g/mol. The molecule has 1 aliphatic carbocycles. The molecule has 1 amide bonds. The van der Waals surface area contributed by atoms with Gasteiger partial charge in [-0.3, -0.25) is 9.59 Å². The van der Waals surface area contributed by atoms with Crippen LogP contribution in [0.25, 0.3) is 5.69 Å². The maximum absolute atomic E-state index is 13.3. The van der Waals surface area contributed by atoms with Crippen molar-refractivity contribution in [2.45, 2.75) is 26.2 Å². The number of amides is 1. The lowest BCUT2D eigenvalue weighted by molar-refractivity contribution is -0.119. The van der Waals surface area contributed by atoms with E-state index >= 15 is 0 Å². The van der Waals surface area contributed by atoms with Crippen molar-refractivity contribution in [3.05, 3.63) is 64.7 Å². The van der Waals surface area contributed by atoms with E-state index in [1.807, 2.05) is 0 Å². The van der Waals surface area contributed by atoms with E-state index in [1.165, 1.54) is 31.2 Å². The topological polar surface area (TPSA) is 109 Å². The first-order chi connectivity index (χ1) is 16.4. The van der Waals surface area contributed by atoms with E-state index in [1.54, 1.807) is 16.8 Å². The number of nitrogens with one attached hydrogen (secondary N) is 1. The van der Waals surface area contributed by atoms with Gasteiger partial charge in [0.15, 0.2) is 29.6 Å². The number of benzene rings is 2. The van der Waals surface area contributed by atoms with Crippen molar-refractivity contribution in [3.8, 4) is 17.2 Å². The summed E-state index contributed by atoms with van der Waals surface area (Å²) in [6.45, 7) is 0.824. The van der Waals surface area contributed by atoms with Gasteiger partial charge in [0.1, 0.15) is 5.82 Å². The molecule has 0 radical (unpaired) electrons. The Balaban J connectivity index is 1.30. The third kappa shape index (κ3) is 3.98. The van der Waals surface area contributed by atoms with Gasteiger partial charge in [0, 0.05) is 22.9 Å². The third-order valence-electron chi connectivity index (χ3n) is 5.70. The fraction of sp³-hybridized carbons (Fsp3) is 0.250. The first kappa shape index (κ1) is 21.6. The number of ether oxygens (including phenoxy) is 3.